The van der Waals surface area contributed by atoms with Gasteiger partial charge in [-0.3, -0.25) is 9.59 Å². The fourth-order valence-corrected chi connectivity index (χ4v) is 4.36. The van der Waals surface area contributed by atoms with Crippen LogP contribution in [0.2, 0.25) is 0 Å². The second-order valence-electron chi connectivity index (χ2n) is 7.86. The average molecular weight is 382 g/mol. The molecule has 2 aliphatic heterocycles. The Morgan fingerprint density at radius 1 is 1.14 bits per heavy atom. The molecule has 3 heterocycles. The van der Waals surface area contributed by atoms with Crippen LogP contribution in [0.15, 0.2) is 18.2 Å². The van der Waals surface area contributed by atoms with E-state index in [-0.39, 0.29) is 11.7 Å². The first-order valence-electron chi connectivity index (χ1n) is 10.2. The molecular weight excluding hydrogens is 354 g/mol. The Morgan fingerprint density at radius 2 is 1.89 bits per heavy atom. The van der Waals surface area contributed by atoms with E-state index in [9.17, 15) is 9.59 Å². The van der Waals surface area contributed by atoms with E-state index in [2.05, 4.69) is 14.9 Å². The summed E-state index contributed by atoms with van der Waals surface area (Å²) < 4.78 is 0. The quantitative estimate of drug-likeness (QED) is 0.825. The number of benzene rings is 1. The molecule has 2 saturated heterocycles. The first-order valence-corrected chi connectivity index (χ1v) is 10.2. The zero-order valence-corrected chi connectivity index (χ0v) is 16.2. The number of H-pyrrole nitrogens is 1. The number of hydrogen-bond acceptors (Lipinski definition) is 4. The summed E-state index contributed by atoms with van der Waals surface area (Å²) >= 11 is 0. The molecule has 3 N–H and O–H groups in total. The zero-order chi connectivity index (χ0) is 19.5. The molecule has 0 aliphatic carbocycles. The molecule has 0 atom stereocenters. The summed E-state index contributed by atoms with van der Waals surface area (Å²) in [6.45, 7) is 4.13. The van der Waals surface area contributed by atoms with Gasteiger partial charge in [-0.15, -0.1) is 0 Å². The molecule has 4 rings (SSSR count). The number of likely N-dealkylation sites (tertiary alicyclic amines) is 2. The number of nitrogens with zero attached hydrogens (tertiary/aromatic N) is 3. The summed E-state index contributed by atoms with van der Waals surface area (Å²) in [7, 11) is 0. The van der Waals surface area contributed by atoms with Crippen molar-refractivity contribution in [2.24, 2.45) is 5.73 Å². The Kier molecular flexibility index (Phi) is 5.62. The molecule has 0 unspecified atom stereocenters. The van der Waals surface area contributed by atoms with Crippen molar-refractivity contribution >= 4 is 22.8 Å². The number of fused-ring (bicyclic) bond motifs is 1. The highest BCUT2D eigenvalue weighted by atomic mass is 16.2. The van der Waals surface area contributed by atoms with Crippen molar-refractivity contribution in [3.8, 4) is 0 Å². The predicted molar refractivity (Wildman–Crippen MR) is 108 cm³/mol. The number of carbonyl (C=O) groups is 2. The number of carbonyl (C=O) groups excluding carboxylic acids is 2. The highest BCUT2D eigenvalue weighted by Gasteiger charge is 2.27. The Hall–Kier alpha value is -2.41. The van der Waals surface area contributed by atoms with Crippen LogP contribution in [0.5, 0.6) is 0 Å². The Balaban J connectivity index is 1.28. The number of hydrogen-bond donors (Lipinski definition) is 2. The summed E-state index contributed by atoms with van der Waals surface area (Å²) in [5.74, 6) is -0.312. The van der Waals surface area contributed by atoms with Crippen molar-refractivity contribution < 1.29 is 9.59 Å². The Bertz CT molecular complexity index is 848. The van der Waals surface area contributed by atoms with Crippen molar-refractivity contribution in [2.45, 2.75) is 44.6 Å². The van der Waals surface area contributed by atoms with Gasteiger partial charge in [0.25, 0.3) is 5.91 Å². The molecule has 2 amide bonds. The molecule has 1 aromatic carbocycles. The largest absolute Gasteiger partial charge is 0.363 e. The average Bonchev–Trinajstić information content (AvgIpc) is 3.16. The fourth-order valence-electron chi connectivity index (χ4n) is 4.36. The minimum absolute atomic E-state index is 0.108. The topological polar surface area (TPSA) is 95.3 Å². The lowest BCUT2D eigenvalue weighted by Crippen LogP contribution is -2.48. The summed E-state index contributed by atoms with van der Waals surface area (Å²) in [6, 6.07) is 6.35. The van der Waals surface area contributed by atoms with Crippen molar-refractivity contribution in [1.29, 1.82) is 0 Å². The molecule has 28 heavy (non-hydrogen) atoms. The van der Waals surface area contributed by atoms with E-state index in [1.54, 1.807) is 6.42 Å². The third-order valence-electron chi connectivity index (χ3n) is 5.98. The fraction of sp³-hybridized carbons (Fsp3) is 0.524. The summed E-state index contributed by atoms with van der Waals surface area (Å²) in [5.41, 5.74) is 7.71. The van der Waals surface area contributed by atoms with Gasteiger partial charge in [-0.2, -0.15) is 0 Å². The van der Waals surface area contributed by atoms with Gasteiger partial charge in [0.15, 0.2) is 5.82 Å². The first-order chi connectivity index (χ1) is 13.6. The maximum Gasteiger partial charge on any atom is 0.284 e. The molecule has 0 saturated carbocycles. The van der Waals surface area contributed by atoms with Gasteiger partial charge in [0.2, 0.25) is 5.91 Å². The maximum absolute atomic E-state index is 12.6. The molecule has 7 nitrogen and oxygen atoms in total. The number of primary amides is 1. The van der Waals surface area contributed by atoms with E-state index in [0.717, 1.165) is 37.0 Å². The standard InChI is InChI=1S/C21H28N5O2/c22-20(28)21-23-17-6-4-15(14-18(17)24-21)5-7-19(27)26-12-8-16(9-13-26)25-10-2-1-3-11-25/h4,6-7,14,16H,1-3,5,8-13H2,(H2,22,28)(H,23,24). The second kappa shape index (κ2) is 8.31. The van der Waals surface area contributed by atoms with Crippen molar-refractivity contribution in [3.63, 3.8) is 0 Å². The number of piperidine rings is 2. The molecule has 2 aliphatic rings. The van der Waals surface area contributed by atoms with Crippen molar-refractivity contribution in [1.82, 2.24) is 19.8 Å². The van der Waals surface area contributed by atoms with Gasteiger partial charge in [0.1, 0.15) is 0 Å². The highest BCUT2D eigenvalue weighted by molar-refractivity contribution is 5.93. The predicted octanol–water partition coefficient (Wildman–Crippen LogP) is 1.89. The third kappa shape index (κ3) is 4.19. The van der Waals surface area contributed by atoms with Crippen LogP contribution in [0.3, 0.4) is 0 Å². The van der Waals surface area contributed by atoms with Gasteiger partial charge in [-0.1, -0.05) is 12.5 Å². The molecule has 0 bridgehead atoms. The van der Waals surface area contributed by atoms with Gasteiger partial charge in [0, 0.05) is 19.1 Å². The van der Waals surface area contributed by atoms with E-state index in [1.807, 2.05) is 23.1 Å². The number of rotatable bonds is 5. The molecule has 2 fully saturated rings. The molecule has 1 aromatic heterocycles. The van der Waals surface area contributed by atoms with Gasteiger partial charge in [0.05, 0.1) is 17.5 Å². The number of nitrogens with two attached hydrogens (primary N) is 1. The van der Waals surface area contributed by atoms with E-state index in [1.165, 1.54) is 32.4 Å². The van der Waals surface area contributed by atoms with Crippen LogP contribution < -0.4 is 5.73 Å². The van der Waals surface area contributed by atoms with Crippen molar-refractivity contribution in [3.05, 3.63) is 36.0 Å². The normalized spacial score (nSPS) is 19.2. The summed E-state index contributed by atoms with van der Waals surface area (Å²) in [5, 5.41) is 0. The van der Waals surface area contributed by atoms with Gasteiger partial charge >= 0.3 is 0 Å². The monoisotopic (exact) mass is 382 g/mol. The third-order valence-corrected chi connectivity index (χ3v) is 5.98. The summed E-state index contributed by atoms with van der Waals surface area (Å²) in [6.07, 6.45) is 8.45. The van der Waals surface area contributed by atoms with Crippen LogP contribution >= 0.6 is 0 Å². The number of aromatic nitrogens is 2. The lowest BCUT2D eigenvalue weighted by molar-refractivity contribution is -0.129. The van der Waals surface area contributed by atoms with E-state index >= 15 is 0 Å². The van der Waals surface area contributed by atoms with E-state index in [0.29, 0.717) is 18.0 Å². The second-order valence-corrected chi connectivity index (χ2v) is 7.86. The molecule has 1 radical (unpaired) electrons. The number of amides is 2. The zero-order valence-electron chi connectivity index (χ0n) is 16.2. The molecule has 7 heteroatoms. The Morgan fingerprint density at radius 3 is 2.61 bits per heavy atom. The lowest BCUT2D eigenvalue weighted by Gasteiger charge is -2.40. The minimum atomic E-state index is -0.576. The SMILES string of the molecule is NC(=O)c1nc2cc(C[CH]C(=O)N3CCC(N4CCCCC4)CC3)ccc2[nH]1. The number of aromatic amines is 1. The molecule has 0 spiro atoms. The molecule has 2 aromatic rings. The Labute approximate surface area is 165 Å². The number of nitrogens with one attached hydrogen (secondary N) is 1. The molecule has 149 valence electrons. The highest BCUT2D eigenvalue weighted by Crippen LogP contribution is 2.21. The van der Waals surface area contributed by atoms with Gasteiger partial charge in [-0.25, -0.2) is 4.98 Å². The van der Waals surface area contributed by atoms with Crippen LogP contribution in [0.1, 0.15) is 48.3 Å². The van der Waals surface area contributed by atoms with Gasteiger partial charge < -0.3 is 20.5 Å². The van der Waals surface area contributed by atoms with Crippen LogP contribution in [-0.2, 0) is 11.2 Å². The van der Waals surface area contributed by atoms with Crippen LogP contribution in [0, 0.1) is 6.42 Å². The van der Waals surface area contributed by atoms with Crippen molar-refractivity contribution in [2.75, 3.05) is 26.2 Å². The van der Waals surface area contributed by atoms with E-state index < -0.39 is 5.91 Å². The summed E-state index contributed by atoms with van der Waals surface area (Å²) in [4.78, 5) is 35.5. The van der Waals surface area contributed by atoms with Gasteiger partial charge in [-0.05, 0) is 62.9 Å². The van der Waals surface area contributed by atoms with Crippen LogP contribution in [-0.4, -0.2) is 63.8 Å². The molecular formula is C21H28N5O2. The maximum atomic E-state index is 12.6. The smallest absolute Gasteiger partial charge is 0.284 e. The lowest BCUT2D eigenvalue weighted by atomic mass is 9.99. The minimum Gasteiger partial charge on any atom is -0.363 e. The van der Waals surface area contributed by atoms with E-state index in [4.69, 9.17) is 5.73 Å². The van der Waals surface area contributed by atoms with Crippen LogP contribution in [0.25, 0.3) is 11.0 Å². The first kappa shape index (κ1) is 18.9. The number of imidazole rings is 1. The van der Waals surface area contributed by atoms with Crippen LogP contribution in [0.4, 0.5) is 0 Å².